The van der Waals surface area contributed by atoms with Crippen molar-refractivity contribution < 1.29 is 0 Å². The summed E-state index contributed by atoms with van der Waals surface area (Å²) in [6.07, 6.45) is 2.03. The molecule has 0 bridgehead atoms. The van der Waals surface area contributed by atoms with Crippen LogP contribution < -0.4 is 11.3 Å². The Hall–Kier alpha value is -0.680. The summed E-state index contributed by atoms with van der Waals surface area (Å²) in [5, 5.41) is 2.08. The van der Waals surface area contributed by atoms with Crippen molar-refractivity contribution >= 4 is 27.3 Å². The van der Waals surface area contributed by atoms with Crippen molar-refractivity contribution in [3.05, 3.63) is 56.2 Å². The second-order valence-electron chi connectivity index (χ2n) is 4.38. The first-order valence-corrected chi connectivity index (χ1v) is 7.62. The molecule has 4 heteroatoms. The van der Waals surface area contributed by atoms with Crippen molar-refractivity contribution in [2.24, 2.45) is 5.84 Å². The molecule has 0 saturated carbocycles. The molecule has 96 valence electrons. The number of rotatable bonds is 5. The maximum atomic E-state index is 5.66. The number of hydrogen-bond acceptors (Lipinski definition) is 3. The molecule has 0 aliphatic carbocycles. The van der Waals surface area contributed by atoms with Gasteiger partial charge in [0.2, 0.25) is 0 Å². The minimum absolute atomic E-state index is 0.208. The third-order valence-electron chi connectivity index (χ3n) is 2.97. The zero-order valence-corrected chi connectivity index (χ0v) is 12.7. The molecule has 0 radical (unpaired) electrons. The van der Waals surface area contributed by atoms with Gasteiger partial charge in [-0.3, -0.25) is 11.3 Å². The number of nitrogens with two attached hydrogens (primary N) is 1. The van der Waals surface area contributed by atoms with Crippen LogP contribution in [0.15, 0.2) is 40.2 Å². The smallest absolute Gasteiger partial charge is 0.0567 e. The summed E-state index contributed by atoms with van der Waals surface area (Å²) >= 11 is 5.29. The SMILES string of the molecule is Cc1cccc(CCC(NN)c2sccc2Br)c1. The second-order valence-corrected chi connectivity index (χ2v) is 6.18. The molecule has 0 amide bonds. The normalized spacial score (nSPS) is 12.6. The van der Waals surface area contributed by atoms with Crippen molar-refractivity contribution in [3.63, 3.8) is 0 Å². The highest BCUT2D eigenvalue weighted by atomic mass is 79.9. The van der Waals surface area contributed by atoms with Gasteiger partial charge in [0.25, 0.3) is 0 Å². The van der Waals surface area contributed by atoms with Gasteiger partial charge in [-0.25, -0.2) is 0 Å². The zero-order chi connectivity index (χ0) is 13.0. The van der Waals surface area contributed by atoms with E-state index >= 15 is 0 Å². The maximum Gasteiger partial charge on any atom is 0.0567 e. The highest BCUT2D eigenvalue weighted by molar-refractivity contribution is 9.10. The lowest BCUT2D eigenvalue weighted by Gasteiger charge is -2.15. The quantitative estimate of drug-likeness (QED) is 0.645. The van der Waals surface area contributed by atoms with Gasteiger partial charge in [-0.1, -0.05) is 29.8 Å². The topological polar surface area (TPSA) is 38.0 Å². The van der Waals surface area contributed by atoms with Crippen LogP contribution in [0.2, 0.25) is 0 Å². The predicted octanol–water partition coefficient (Wildman–Crippen LogP) is 3.96. The number of thiophene rings is 1. The highest BCUT2D eigenvalue weighted by Crippen LogP contribution is 2.31. The van der Waals surface area contributed by atoms with E-state index in [1.54, 1.807) is 11.3 Å². The molecular formula is C14H17BrN2S. The summed E-state index contributed by atoms with van der Waals surface area (Å²) in [6.45, 7) is 2.12. The van der Waals surface area contributed by atoms with E-state index in [-0.39, 0.29) is 6.04 Å². The average Bonchev–Trinajstić information content (AvgIpc) is 2.77. The Kier molecular flexibility index (Phi) is 4.95. The Balaban J connectivity index is 2.02. The highest BCUT2D eigenvalue weighted by Gasteiger charge is 2.14. The number of halogens is 1. The fraction of sp³-hybridized carbons (Fsp3) is 0.286. The first-order chi connectivity index (χ1) is 8.70. The number of hydrazine groups is 1. The van der Waals surface area contributed by atoms with Gasteiger partial charge >= 0.3 is 0 Å². The van der Waals surface area contributed by atoms with Crippen molar-refractivity contribution in [1.82, 2.24) is 5.43 Å². The van der Waals surface area contributed by atoms with Gasteiger partial charge in [0.05, 0.1) is 6.04 Å². The largest absolute Gasteiger partial charge is 0.271 e. The number of aryl methyl sites for hydroxylation is 2. The monoisotopic (exact) mass is 324 g/mol. The number of nitrogens with one attached hydrogen (secondary N) is 1. The van der Waals surface area contributed by atoms with Crippen molar-refractivity contribution in [3.8, 4) is 0 Å². The lowest BCUT2D eigenvalue weighted by atomic mass is 10.0. The molecule has 1 heterocycles. The van der Waals surface area contributed by atoms with Crippen LogP contribution in [0.3, 0.4) is 0 Å². The van der Waals surface area contributed by atoms with Gasteiger partial charge < -0.3 is 0 Å². The summed E-state index contributed by atoms with van der Waals surface area (Å²) in [7, 11) is 0. The molecular weight excluding hydrogens is 308 g/mol. The molecule has 2 nitrogen and oxygen atoms in total. The Morgan fingerprint density at radius 3 is 2.83 bits per heavy atom. The molecule has 0 aliphatic heterocycles. The van der Waals surface area contributed by atoms with Crippen LogP contribution >= 0.6 is 27.3 Å². The van der Waals surface area contributed by atoms with Gasteiger partial charge in [0, 0.05) is 9.35 Å². The molecule has 0 fully saturated rings. The van der Waals surface area contributed by atoms with Crippen molar-refractivity contribution in [2.75, 3.05) is 0 Å². The van der Waals surface area contributed by atoms with Crippen LogP contribution in [0.5, 0.6) is 0 Å². The van der Waals surface area contributed by atoms with E-state index in [0.717, 1.165) is 17.3 Å². The van der Waals surface area contributed by atoms with Crippen LogP contribution in [0.4, 0.5) is 0 Å². The minimum Gasteiger partial charge on any atom is -0.271 e. The molecule has 1 atom stereocenters. The molecule has 1 unspecified atom stereocenters. The van der Waals surface area contributed by atoms with E-state index < -0.39 is 0 Å². The molecule has 1 aromatic carbocycles. The molecule has 0 saturated heterocycles. The first-order valence-electron chi connectivity index (χ1n) is 5.95. The Morgan fingerprint density at radius 1 is 1.39 bits per heavy atom. The summed E-state index contributed by atoms with van der Waals surface area (Å²) in [5.41, 5.74) is 5.58. The summed E-state index contributed by atoms with van der Waals surface area (Å²) in [5.74, 6) is 5.66. The van der Waals surface area contributed by atoms with Crippen LogP contribution in [0.1, 0.15) is 28.5 Å². The Morgan fingerprint density at radius 2 is 2.22 bits per heavy atom. The molecule has 18 heavy (non-hydrogen) atoms. The number of benzene rings is 1. The van der Waals surface area contributed by atoms with E-state index in [2.05, 4.69) is 64.0 Å². The minimum atomic E-state index is 0.208. The summed E-state index contributed by atoms with van der Waals surface area (Å²) < 4.78 is 1.14. The number of hydrogen-bond donors (Lipinski definition) is 2. The third kappa shape index (κ3) is 3.42. The van der Waals surface area contributed by atoms with E-state index in [1.165, 1.54) is 16.0 Å². The summed E-state index contributed by atoms with van der Waals surface area (Å²) in [4.78, 5) is 1.27. The molecule has 0 spiro atoms. The van der Waals surface area contributed by atoms with E-state index in [4.69, 9.17) is 5.84 Å². The lowest BCUT2D eigenvalue weighted by molar-refractivity contribution is 0.522. The van der Waals surface area contributed by atoms with E-state index in [1.807, 2.05) is 0 Å². The predicted molar refractivity (Wildman–Crippen MR) is 81.6 cm³/mol. The Labute approximate surface area is 120 Å². The van der Waals surface area contributed by atoms with E-state index in [0.29, 0.717) is 0 Å². The third-order valence-corrected chi connectivity index (χ3v) is 4.95. The summed E-state index contributed by atoms with van der Waals surface area (Å²) in [6, 6.07) is 10.9. The van der Waals surface area contributed by atoms with Gasteiger partial charge in [0.1, 0.15) is 0 Å². The second kappa shape index (κ2) is 6.48. The van der Waals surface area contributed by atoms with Crippen LogP contribution in [0, 0.1) is 6.92 Å². The Bertz CT molecular complexity index is 510. The molecule has 0 aliphatic rings. The van der Waals surface area contributed by atoms with Crippen LogP contribution in [-0.2, 0) is 6.42 Å². The maximum absolute atomic E-state index is 5.66. The van der Waals surface area contributed by atoms with Crippen molar-refractivity contribution in [1.29, 1.82) is 0 Å². The van der Waals surface area contributed by atoms with Gasteiger partial charge in [0.15, 0.2) is 0 Å². The fourth-order valence-corrected chi connectivity index (χ4v) is 3.77. The zero-order valence-electron chi connectivity index (χ0n) is 10.3. The van der Waals surface area contributed by atoms with Crippen LogP contribution in [0.25, 0.3) is 0 Å². The van der Waals surface area contributed by atoms with Gasteiger partial charge in [-0.2, -0.15) is 0 Å². The standard InChI is InChI=1S/C14H17BrN2S/c1-10-3-2-4-11(9-10)5-6-13(17-16)14-12(15)7-8-18-14/h2-4,7-9,13,17H,5-6,16H2,1H3. The molecule has 2 rings (SSSR count). The first kappa shape index (κ1) is 13.7. The average molecular weight is 325 g/mol. The van der Waals surface area contributed by atoms with E-state index in [9.17, 15) is 0 Å². The molecule has 2 aromatic rings. The fourth-order valence-electron chi connectivity index (χ4n) is 2.02. The lowest BCUT2D eigenvalue weighted by Crippen LogP contribution is -2.28. The molecule has 1 aromatic heterocycles. The van der Waals surface area contributed by atoms with Crippen molar-refractivity contribution in [2.45, 2.75) is 25.8 Å². The van der Waals surface area contributed by atoms with Gasteiger partial charge in [-0.05, 0) is 52.7 Å². The van der Waals surface area contributed by atoms with Gasteiger partial charge in [-0.15, -0.1) is 11.3 Å². The van der Waals surface area contributed by atoms with Crippen LogP contribution in [-0.4, -0.2) is 0 Å². The molecule has 3 N–H and O–H groups in total.